The zero-order valence-corrected chi connectivity index (χ0v) is 10.5. The van der Waals surface area contributed by atoms with E-state index in [1.165, 1.54) is 5.56 Å². The van der Waals surface area contributed by atoms with Gasteiger partial charge >= 0.3 is 0 Å². The van der Waals surface area contributed by atoms with E-state index in [9.17, 15) is 0 Å². The van der Waals surface area contributed by atoms with Gasteiger partial charge in [-0.25, -0.2) is 0 Å². The highest BCUT2D eigenvalue weighted by Crippen LogP contribution is 2.17. The minimum absolute atomic E-state index is 0.166. The van der Waals surface area contributed by atoms with E-state index in [0.717, 1.165) is 23.9 Å². The maximum absolute atomic E-state index is 5.88. The van der Waals surface area contributed by atoms with Gasteiger partial charge in [-0.15, -0.1) is 10.2 Å². The highest BCUT2D eigenvalue weighted by molar-refractivity contribution is 6.30. The molecule has 4 nitrogen and oxygen atoms in total. The monoisotopic (exact) mass is 260 g/mol. The Labute approximate surface area is 110 Å². The Morgan fingerprint density at radius 2 is 2.17 bits per heavy atom. The number of nitrogens with one attached hydrogen (secondary N) is 1. The van der Waals surface area contributed by atoms with E-state index in [-0.39, 0.29) is 6.04 Å². The Morgan fingerprint density at radius 1 is 1.33 bits per heavy atom. The molecule has 0 saturated heterocycles. The molecule has 0 aliphatic carbocycles. The summed E-state index contributed by atoms with van der Waals surface area (Å²) in [6.07, 6.45) is 5.98. The molecular formula is C13H13ClN4. The lowest BCUT2D eigenvalue weighted by Gasteiger charge is -2.11. The number of nitrogens with zero attached hydrogens (tertiary/aromatic N) is 3. The molecule has 0 saturated carbocycles. The van der Waals surface area contributed by atoms with Gasteiger partial charge in [-0.05, 0) is 17.7 Å². The van der Waals surface area contributed by atoms with Crippen LogP contribution >= 0.6 is 11.6 Å². The van der Waals surface area contributed by atoms with E-state index >= 15 is 0 Å². The molecule has 3 rings (SSSR count). The predicted molar refractivity (Wildman–Crippen MR) is 70.5 cm³/mol. The number of benzene rings is 1. The molecule has 0 amide bonds. The standard InChI is InChI=1S/C13H13ClN4/c14-11-5-3-10(4-6-11)8-18-9-16-17-13(18)12-2-1-7-15-12/h1-6,9,12,15H,7-8H2/t12-/m1/s1. The summed E-state index contributed by atoms with van der Waals surface area (Å²) >= 11 is 5.88. The third-order valence-corrected chi connectivity index (χ3v) is 3.23. The lowest BCUT2D eigenvalue weighted by Crippen LogP contribution is -2.18. The van der Waals surface area contributed by atoms with Crippen molar-refractivity contribution in [3.05, 3.63) is 59.2 Å². The third kappa shape index (κ3) is 2.30. The van der Waals surface area contributed by atoms with Crippen LogP contribution in [0, 0.1) is 0 Å². The second-order valence-corrected chi connectivity index (χ2v) is 4.69. The number of aromatic nitrogens is 3. The molecule has 0 unspecified atom stereocenters. The molecule has 1 aliphatic heterocycles. The molecule has 1 aliphatic rings. The number of hydrogen-bond acceptors (Lipinski definition) is 3. The molecule has 1 aromatic carbocycles. The first kappa shape index (κ1) is 11.4. The fourth-order valence-electron chi connectivity index (χ4n) is 2.06. The first-order valence-corrected chi connectivity index (χ1v) is 6.23. The van der Waals surface area contributed by atoms with Gasteiger partial charge in [0.2, 0.25) is 0 Å². The third-order valence-electron chi connectivity index (χ3n) is 2.97. The molecule has 92 valence electrons. The first-order valence-electron chi connectivity index (χ1n) is 5.85. The normalized spacial score (nSPS) is 18.4. The van der Waals surface area contributed by atoms with Crippen LogP contribution in [0.15, 0.2) is 42.7 Å². The molecule has 1 atom stereocenters. The van der Waals surface area contributed by atoms with Crippen LogP contribution < -0.4 is 5.32 Å². The summed E-state index contributed by atoms with van der Waals surface area (Å²) < 4.78 is 2.05. The largest absolute Gasteiger partial charge is 0.311 e. The van der Waals surface area contributed by atoms with Gasteiger partial charge in [-0.3, -0.25) is 0 Å². The predicted octanol–water partition coefficient (Wildman–Crippen LogP) is 2.18. The molecule has 0 fully saturated rings. The van der Waals surface area contributed by atoms with Crippen molar-refractivity contribution in [1.82, 2.24) is 20.1 Å². The van der Waals surface area contributed by atoms with Crippen molar-refractivity contribution in [3.63, 3.8) is 0 Å². The van der Waals surface area contributed by atoms with Gasteiger partial charge < -0.3 is 9.88 Å². The van der Waals surface area contributed by atoms with Crippen LogP contribution in [-0.2, 0) is 6.54 Å². The van der Waals surface area contributed by atoms with Gasteiger partial charge in [0.05, 0.1) is 12.6 Å². The zero-order valence-electron chi connectivity index (χ0n) is 9.75. The summed E-state index contributed by atoms with van der Waals surface area (Å²) in [6.45, 7) is 1.64. The smallest absolute Gasteiger partial charge is 0.154 e. The van der Waals surface area contributed by atoms with Crippen LogP contribution in [0.25, 0.3) is 0 Å². The Balaban J connectivity index is 1.82. The Kier molecular flexibility index (Phi) is 3.13. The highest BCUT2D eigenvalue weighted by Gasteiger charge is 2.17. The topological polar surface area (TPSA) is 42.7 Å². The molecule has 0 spiro atoms. The summed E-state index contributed by atoms with van der Waals surface area (Å²) in [6, 6.07) is 8.00. The summed E-state index contributed by atoms with van der Waals surface area (Å²) in [5.41, 5.74) is 1.18. The van der Waals surface area contributed by atoms with Gasteiger partial charge in [0, 0.05) is 11.6 Å². The summed E-state index contributed by atoms with van der Waals surface area (Å²) in [5.74, 6) is 0.943. The molecular weight excluding hydrogens is 248 g/mol. The van der Waals surface area contributed by atoms with Crippen molar-refractivity contribution in [2.75, 3.05) is 6.54 Å². The molecule has 0 bridgehead atoms. The van der Waals surface area contributed by atoms with Crippen molar-refractivity contribution in [1.29, 1.82) is 0 Å². The minimum Gasteiger partial charge on any atom is -0.311 e. The van der Waals surface area contributed by atoms with Crippen molar-refractivity contribution < 1.29 is 0 Å². The molecule has 0 radical (unpaired) electrons. The molecule has 18 heavy (non-hydrogen) atoms. The molecule has 5 heteroatoms. The molecule has 1 aromatic heterocycles. The van der Waals surface area contributed by atoms with E-state index in [2.05, 4.69) is 32.2 Å². The number of rotatable bonds is 3. The van der Waals surface area contributed by atoms with E-state index in [1.807, 2.05) is 24.3 Å². The van der Waals surface area contributed by atoms with Crippen LogP contribution in [0.4, 0.5) is 0 Å². The number of hydrogen-bond donors (Lipinski definition) is 1. The van der Waals surface area contributed by atoms with E-state index in [1.54, 1.807) is 6.33 Å². The van der Waals surface area contributed by atoms with Gasteiger partial charge in [-0.2, -0.15) is 0 Å². The Morgan fingerprint density at radius 3 is 2.89 bits per heavy atom. The molecule has 1 N–H and O–H groups in total. The van der Waals surface area contributed by atoms with E-state index in [0.29, 0.717) is 0 Å². The zero-order chi connectivity index (χ0) is 12.4. The van der Waals surface area contributed by atoms with Crippen molar-refractivity contribution in [2.24, 2.45) is 0 Å². The fourth-order valence-corrected chi connectivity index (χ4v) is 2.18. The van der Waals surface area contributed by atoms with Crippen molar-refractivity contribution >= 4 is 11.6 Å². The van der Waals surface area contributed by atoms with Crippen LogP contribution in [0.3, 0.4) is 0 Å². The average Bonchev–Trinajstić information content (AvgIpc) is 3.02. The Hall–Kier alpha value is -1.65. The molecule has 2 heterocycles. The van der Waals surface area contributed by atoms with Crippen LogP contribution in [0.5, 0.6) is 0 Å². The van der Waals surface area contributed by atoms with E-state index in [4.69, 9.17) is 11.6 Å². The summed E-state index contributed by atoms with van der Waals surface area (Å²) in [5, 5.41) is 12.3. The maximum atomic E-state index is 5.88. The van der Waals surface area contributed by atoms with Gasteiger partial charge in [-0.1, -0.05) is 35.9 Å². The van der Waals surface area contributed by atoms with Gasteiger partial charge in [0.25, 0.3) is 0 Å². The quantitative estimate of drug-likeness (QED) is 0.861. The van der Waals surface area contributed by atoms with Crippen molar-refractivity contribution in [3.8, 4) is 0 Å². The van der Waals surface area contributed by atoms with Crippen LogP contribution in [-0.4, -0.2) is 21.3 Å². The average molecular weight is 261 g/mol. The fraction of sp³-hybridized carbons (Fsp3) is 0.231. The minimum atomic E-state index is 0.166. The summed E-state index contributed by atoms with van der Waals surface area (Å²) in [7, 11) is 0. The second-order valence-electron chi connectivity index (χ2n) is 4.26. The maximum Gasteiger partial charge on any atom is 0.154 e. The first-order chi connectivity index (χ1) is 8.83. The Bertz CT molecular complexity index is 559. The summed E-state index contributed by atoms with van der Waals surface area (Å²) in [4.78, 5) is 0. The molecule has 2 aromatic rings. The van der Waals surface area contributed by atoms with E-state index < -0.39 is 0 Å². The SMILES string of the molecule is Clc1ccc(Cn2cnnc2[C@H]2C=CCN2)cc1. The number of halogens is 1. The second kappa shape index (κ2) is 4.92. The van der Waals surface area contributed by atoms with Gasteiger partial charge in [0.1, 0.15) is 6.33 Å². The van der Waals surface area contributed by atoms with Crippen LogP contribution in [0.1, 0.15) is 17.4 Å². The van der Waals surface area contributed by atoms with Gasteiger partial charge in [0.15, 0.2) is 5.82 Å². The lowest BCUT2D eigenvalue weighted by atomic mass is 10.2. The van der Waals surface area contributed by atoms with Crippen LogP contribution in [0.2, 0.25) is 5.02 Å². The highest BCUT2D eigenvalue weighted by atomic mass is 35.5. The van der Waals surface area contributed by atoms with Crippen molar-refractivity contribution in [2.45, 2.75) is 12.6 Å². The lowest BCUT2D eigenvalue weighted by molar-refractivity contribution is 0.614.